The van der Waals surface area contributed by atoms with Crippen molar-refractivity contribution in [1.82, 2.24) is 0 Å². The summed E-state index contributed by atoms with van der Waals surface area (Å²) < 4.78 is 10.8. The van der Waals surface area contributed by atoms with Crippen LogP contribution in [0.2, 0.25) is 0 Å². The molecule has 2 rings (SSSR count). The van der Waals surface area contributed by atoms with E-state index in [-0.39, 0.29) is 6.04 Å². The molecule has 3 nitrogen and oxygen atoms in total. The molecule has 0 aromatic heterocycles. The van der Waals surface area contributed by atoms with Gasteiger partial charge in [-0.2, -0.15) is 0 Å². The fourth-order valence-electron chi connectivity index (χ4n) is 2.22. The van der Waals surface area contributed by atoms with Gasteiger partial charge >= 0.3 is 0 Å². The van der Waals surface area contributed by atoms with Crippen LogP contribution in [0.1, 0.15) is 18.5 Å². The molecule has 0 bridgehead atoms. The second kappa shape index (κ2) is 7.27. The fraction of sp³-hybridized carbons (Fsp3) is 0.294. The Morgan fingerprint density at radius 2 is 1.86 bits per heavy atom. The Morgan fingerprint density at radius 3 is 2.52 bits per heavy atom. The number of hydrogen-bond acceptors (Lipinski definition) is 4. The molecule has 0 saturated heterocycles. The van der Waals surface area contributed by atoms with Crippen LogP contribution >= 0.6 is 11.8 Å². The van der Waals surface area contributed by atoms with Crippen molar-refractivity contribution in [1.29, 1.82) is 0 Å². The van der Waals surface area contributed by atoms with Crippen molar-refractivity contribution in [2.45, 2.75) is 17.9 Å². The topological polar surface area (TPSA) is 30.5 Å². The lowest BCUT2D eigenvalue weighted by Gasteiger charge is -2.19. The first-order valence-corrected chi connectivity index (χ1v) is 8.03. The van der Waals surface area contributed by atoms with Gasteiger partial charge in [0.05, 0.1) is 20.3 Å². The van der Waals surface area contributed by atoms with E-state index in [0.717, 1.165) is 22.7 Å². The molecule has 1 N–H and O–H groups in total. The van der Waals surface area contributed by atoms with Crippen LogP contribution in [0.3, 0.4) is 0 Å². The smallest absolute Gasteiger partial charge is 0.124 e. The highest BCUT2D eigenvalue weighted by atomic mass is 32.2. The zero-order valence-electron chi connectivity index (χ0n) is 12.8. The highest BCUT2D eigenvalue weighted by molar-refractivity contribution is 7.98. The Balaban J connectivity index is 2.24. The van der Waals surface area contributed by atoms with Gasteiger partial charge in [0.25, 0.3) is 0 Å². The summed E-state index contributed by atoms with van der Waals surface area (Å²) in [4.78, 5) is 1.24. The van der Waals surface area contributed by atoms with Gasteiger partial charge in [0.1, 0.15) is 11.5 Å². The lowest BCUT2D eigenvalue weighted by Crippen LogP contribution is -2.08. The van der Waals surface area contributed by atoms with Gasteiger partial charge in [-0.25, -0.2) is 0 Å². The number of methoxy groups -OCH3 is 2. The average molecular weight is 303 g/mol. The highest BCUT2D eigenvalue weighted by Crippen LogP contribution is 2.31. The van der Waals surface area contributed by atoms with Crippen molar-refractivity contribution in [2.24, 2.45) is 0 Å². The molecule has 0 saturated carbocycles. The average Bonchev–Trinajstić information content (AvgIpc) is 2.54. The molecule has 0 spiro atoms. The summed E-state index contributed by atoms with van der Waals surface area (Å²) >= 11 is 1.73. The van der Waals surface area contributed by atoms with Crippen LogP contribution in [-0.2, 0) is 0 Å². The SMILES string of the molecule is COc1ccc(OC)c(C(C)Nc2cccc(SC)c2)c1. The van der Waals surface area contributed by atoms with Gasteiger partial charge in [-0.05, 0) is 49.6 Å². The number of rotatable bonds is 6. The van der Waals surface area contributed by atoms with Crippen molar-refractivity contribution in [3.8, 4) is 11.5 Å². The van der Waals surface area contributed by atoms with Gasteiger partial charge in [-0.1, -0.05) is 6.07 Å². The maximum absolute atomic E-state index is 5.45. The molecule has 0 amide bonds. The van der Waals surface area contributed by atoms with Gasteiger partial charge in [0.15, 0.2) is 0 Å². The van der Waals surface area contributed by atoms with Gasteiger partial charge in [0, 0.05) is 16.1 Å². The third-order valence-corrected chi connectivity index (χ3v) is 4.08. The molecule has 0 radical (unpaired) electrons. The molecule has 1 unspecified atom stereocenters. The van der Waals surface area contributed by atoms with E-state index in [4.69, 9.17) is 9.47 Å². The summed E-state index contributed by atoms with van der Waals surface area (Å²) in [5, 5.41) is 3.51. The van der Waals surface area contributed by atoms with Crippen molar-refractivity contribution in [3.05, 3.63) is 48.0 Å². The van der Waals surface area contributed by atoms with Crippen LogP contribution in [0.4, 0.5) is 5.69 Å². The minimum absolute atomic E-state index is 0.118. The second-order valence-corrected chi connectivity index (χ2v) is 5.59. The Bertz CT molecular complexity index is 601. The standard InChI is InChI=1S/C17H21NO2S/c1-12(18-13-6-5-7-15(10-13)21-4)16-11-14(19-2)8-9-17(16)20-3/h5-12,18H,1-4H3. The predicted molar refractivity (Wildman–Crippen MR) is 89.8 cm³/mol. The summed E-state index contributed by atoms with van der Waals surface area (Å²) in [5.41, 5.74) is 2.17. The zero-order valence-corrected chi connectivity index (χ0v) is 13.7. The quantitative estimate of drug-likeness (QED) is 0.790. The van der Waals surface area contributed by atoms with Crippen molar-refractivity contribution >= 4 is 17.4 Å². The predicted octanol–water partition coefficient (Wildman–Crippen LogP) is 4.60. The van der Waals surface area contributed by atoms with Crippen LogP contribution in [0, 0.1) is 0 Å². The monoisotopic (exact) mass is 303 g/mol. The molecule has 0 fully saturated rings. The number of ether oxygens (including phenoxy) is 2. The first kappa shape index (κ1) is 15.6. The molecular formula is C17H21NO2S. The Morgan fingerprint density at radius 1 is 1.05 bits per heavy atom. The minimum atomic E-state index is 0.118. The van der Waals surface area contributed by atoms with Crippen LogP contribution < -0.4 is 14.8 Å². The first-order chi connectivity index (χ1) is 10.2. The van der Waals surface area contributed by atoms with Gasteiger partial charge in [-0.3, -0.25) is 0 Å². The van der Waals surface area contributed by atoms with E-state index in [2.05, 4.69) is 42.8 Å². The molecular weight excluding hydrogens is 282 g/mol. The molecule has 112 valence electrons. The van der Waals surface area contributed by atoms with Gasteiger partial charge < -0.3 is 14.8 Å². The van der Waals surface area contributed by atoms with E-state index < -0.39 is 0 Å². The molecule has 0 aliphatic carbocycles. The summed E-state index contributed by atoms with van der Waals surface area (Å²) in [6.07, 6.45) is 2.08. The number of thioether (sulfide) groups is 1. The Hall–Kier alpha value is -1.81. The van der Waals surface area contributed by atoms with Gasteiger partial charge in [0.2, 0.25) is 0 Å². The first-order valence-electron chi connectivity index (χ1n) is 6.80. The normalized spacial score (nSPS) is 11.8. The van der Waals surface area contributed by atoms with Gasteiger partial charge in [-0.15, -0.1) is 11.8 Å². The van der Waals surface area contributed by atoms with Crippen LogP contribution in [0.5, 0.6) is 11.5 Å². The van der Waals surface area contributed by atoms with Crippen molar-refractivity contribution < 1.29 is 9.47 Å². The van der Waals surface area contributed by atoms with Crippen molar-refractivity contribution in [3.63, 3.8) is 0 Å². The van der Waals surface area contributed by atoms with E-state index in [9.17, 15) is 0 Å². The summed E-state index contributed by atoms with van der Waals surface area (Å²) in [5.74, 6) is 1.69. The van der Waals surface area contributed by atoms with E-state index in [1.807, 2.05) is 18.2 Å². The van der Waals surface area contributed by atoms with E-state index in [0.29, 0.717) is 0 Å². The van der Waals surface area contributed by atoms with Crippen LogP contribution in [0.25, 0.3) is 0 Å². The maximum Gasteiger partial charge on any atom is 0.124 e. The number of benzene rings is 2. The lowest BCUT2D eigenvalue weighted by atomic mass is 10.1. The molecule has 0 heterocycles. The third kappa shape index (κ3) is 3.85. The largest absolute Gasteiger partial charge is 0.497 e. The summed E-state index contributed by atoms with van der Waals surface area (Å²) in [6, 6.07) is 14.3. The maximum atomic E-state index is 5.45. The second-order valence-electron chi connectivity index (χ2n) is 4.71. The number of anilines is 1. The van der Waals surface area contributed by atoms with E-state index in [1.165, 1.54) is 4.90 Å². The molecule has 0 aliphatic heterocycles. The summed E-state index contributed by atoms with van der Waals surface area (Å²) in [6.45, 7) is 2.11. The zero-order chi connectivity index (χ0) is 15.2. The summed E-state index contributed by atoms with van der Waals surface area (Å²) in [7, 11) is 3.36. The molecule has 1 atom stereocenters. The van der Waals surface area contributed by atoms with Crippen LogP contribution in [-0.4, -0.2) is 20.5 Å². The molecule has 4 heteroatoms. The highest BCUT2D eigenvalue weighted by Gasteiger charge is 2.13. The lowest BCUT2D eigenvalue weighted by molar-refractivity contribution is 0.397. The molecule has 0 aliphatic rings. The molecule has 2 aromatic carbocycles. The molecule has 2 aromatic rings. The van der Waals surface area contributed by atoms with Crippen molar-refractivity contribution in [2.75, 3.05) is 25.8 Å². The third-order valence-electron chi connectivity index (χ3n) is 3.36. The Labute approximate surface area is 130 Å². The molecule has 21 heavy (non-hydrogen) atoms. The van der Waals surface area contributed by atoms with E-state index >= 15 is 0 Å². The van der Waals surface area contributed by atoms with Crippen LogP contribution in [0.15, 0.2) is 47.4 Å². The number of nitrogens with one attached hydrogen (secondary N) is 1. The minimum Gasteiger partial charge on any atom is -0.497 e. The fourth-order valence-corrected chi connectivity index (χ4v) is 2.68. The number of hydrogen-bond donors (Lipinski definition) is 1. The Kier molecular flexibility index (Phi) is 5.39. The van der Waals surface area contributed by atoms with E-state index in [1.54, 1.807) is 26.0 Å².